The van der Waals surface area contributed by atoms with Crippen molar-refractivity contribution in [2.75, 3.05) is 37.6 Å². The van der Waals surface area contributed by atoms with Crippen molar-refractivity contribution in [1.29, 1.82) is 0 Å². The number of hydrogen-bond acceptors (Lipinski definition) is 4. The number of pyridine rings is 1. The van der Waals surface area contributed by atoms with Gasteiger partial charge in [-0.1, -0.05) is 13.8 Å². The summed E-state index contributed by atoms with van der Waals surface area (Å²) in [5.74, 6) is 1.06. The highest BCUT2D eigenvalue weighted by Crippen LogP contribution is 2.15. The van der Waals surface area contributed by atoms with Gasteiger partial charge in [-0.25, -0.2) is 4.98 Å². The molecule has 0 radical (unpaired) electrons. The summed E-state index contributed by atoms with van der Waals surface area (Å²) >= 11 is 0. The van der Waals surface area contributed by atoms with Crippen LogP contribution in [0.3, 0.4) is 0 Å². The summed E-state index contributed by atoms with van der Waals surface area (Å²) in [6, 6.07) is 4.18. The molecule has 0 aliphatic rings. The topological polar surface area (TPSA) is 45.4 Å². The molecule has 4 heteroatoms. The molecule has 2 N–H and O–H groups in total. The van der Waals surface area contributed by atoms with Crippen LogP contribution in [0.15, 0.2) is 12.1 Å². The summed E-state index contributed by atoms with van der Waals surface area (Å²) in [7, 11) is 0. The minimum absolute atomic E-state index is 0.577. The van der Waals surface area contributed by atoms with Gasteiger partial charge in [-0.05, 0) is 57.6 Å². The Kier molecular flexibility index (Phi) is 7.55. The van der Waals surface area contributed by atoms with Crippen LogP contribution in [0.5, 0.6) is 0 Å². The maximum Gasteiger partial charge on any atom is 0.129 e. The zero-order valence-electron chi connectivity index (χ0n) is 13.5. The van der Waals surface area contributed by atoms with Crippen LogP contribution < -0.4 is 10.6 Å². The monoisotopic (exact) mass is 278 g/mol. The molecule has 1 aromatic heterocycles. The minimum atomic E-state index is 0.577. The van der Waals surface area contributed by atoms with Crippen molar-refractivity contribution in [1.82, 2.24) is 9.88 Å². The third-order valence-electron chi connectivity index (χ3n) is 3.74. The van der Waals surface area contributed by atoms with Crippen molar-refractivity contribution in [2.45, 2.75) is 40.7 Å². The molecular formula is C16H30N4. The van der Waals surface area contributed by atoms with Crippen LogP contribution >= 0.6 is 0 Å². The van der Waals surface area contributed by atoms with Crippen molar-refractivity contribution in [3.63, 3.8) is 0 Å². The smallest absolute Gasteiger partial charge is 0.129 e. The Morgan fingerprint density at radius 1 is 1.05 bits per heavy atom. The number of rotatable bonds is 9. The van der Waals surface area contributed by atoms with Crippen LogP contribution in [-0.2, 0) is 6.54 Å². The Bertz CT molecular complexity index is 388. The van der Waals surface area contributed by atoms with Gasteiger partial charge in [-0.3, -0.25) is 0 Å². The third kappa shape index (κ3) is 5.10. The quantitative estimate of drug-likeness (QED) is 0.753. The molecule has 0 saturated carbocycles. The summed E-state index contributed by atoms with van der Waals surface area (Å²) in [5.41, 5.74) is 7.96. The van der Waals surface area contributed by atoms with E-state index < -0.39 is 0 Å². The highest BCUT2D eigenvalue weighted by molar-refractivity contribution is 5.42. The van der Waals surface area contributed by atoms with Crippen LogP contribution in [0.25, 0.3) is 0 Å². The number of hydrogen-bond donors (Lipinski definition) is 1. The van der Waals surface area contributed by atoms with Crippen molar-refractivity contribution >= 4 is 5.82 Å². The van der Waals surface area contributed by atoms with Gasteiger partial charge in [0.1, 0.15) is 5.82 Å². The molecule has 0 aliphatic carbocycles. The van der Waals surface area contributed by atoms with Gasteiger partial charge in [0, 0.05) is 25.3 Å². The van der Waals surface area contributed by atoms with Crippen molar-refractivity contribution < 1.29 is 0 Å². The lowest BCUT2D eigenvalue weighted by molar-refractivity contribution is 0.300. The van der Waals surface area contributed by atoms with E-state index in [1.165, 1.54) is 6.42 Å². The van der Waals surface area contributed by atoms with Gasteiger partial charge in [0.2, 0.25) is 0 Å². The van der Waals surface area contributed by atoms with E-state index in [-0.39, 0.29) is 0 Å². The SMILES string of the molecule is CCN(CC)CCCN(CC)c1cc(CN)cc(C)n1. The fourth-order valence-corrected chi connectivity index (χ4v) is 2.46. The highest BCUT2D eigenvalue weighted by atomic mass is 15.2. The average Bonchev–Trinajstić information content (AvgIpc) is 2.47. The molecule has 4 nitrogen and oxygen atoms in total. The largest absolute Gasteiger partial charge is 0.357 e. The Morgan fingerprint density at radius 3 is 2.30 bits per heavy atom. The van der Waals surface area contributed by atoms with Crippen LogP contribution in [0.4, 0.5) is 5.82 Å². The van der Waals surface area contributed by atoms with E-state index in [4.69, 9.17) is 5.73 Å². The second kappa shape index (κ2) is 8.93. The van der Waals surface area contributed by atoms with Gasteiger partial charge in [0.15, 0.2) is 0 Å². The van der Waals surface area contributed by atoms with Crippen LogP contribution in [0.1, 0.15) is 38.4 Å². The fourth-order valence-electron chi connectivity index (χ4n) is 2.46. The third-order valence-corrected chi connectivity index (χ3v) is 3.74. The zero-order valence-corrected chi connectivity index (χ0v) is 13.5. The molecule has 0 fully saturated rings. The molecule has 0 bridgehead atoms. The average molecular weight is 278 g/mol. The highest BCUT2D eigenvalue weighted by Gasteiger charge is 2.08. The molecule has 0 aliphatic heterocycles. The van der Waals surface area contributed by atoms with Crippen molar-refractivity contribution in [2.24, 2.45) is 5.73 Å². The van der Waals surface area contributed by atoms with Gasteiger partial charge in [-0.15, -0.1) is 0 Å². The molecule has 1 aromatic rings. The maximum absolute atomic E-state index is 5.75. The predicted molar refractivity (Wildman–Crippen MR) is 87.2 cm³/mol. The van der Waals surface area contributed by atoms with Gasteiger partial charge < -0.3 is 15.5 Å². The number of nitrogens with zero attached hydrogens (tertiary/aromatic N) is 3. The van der Waals surface area contributed by atoms with E-state index >= 15 is 0 Å². The first-order valence-electron chi connectivity index (χ1n) is 7.79. The van der Waals surface area contributed by atoms with Gasteiger partial charge in [-0.2, -0.15) is 0 Å². The molecule has 1 heterocycles. The molecule has 0 amide bonds. The summed E-state index contributed by atoms with van der Waals surface area (Å²) in [6.45, 7) is 14.7. The van der Waals surface area contributed by atoms with E-state index in [1.807, 2.05) is 6.92 Å². The molecule has 0 saturated heterocycles. The van der Waals surface area contributed by atoms with Crippen LogP contribution in [0, 0.1) is 6.92 Å². The van der Waals surface area contributed by atoms with Crippen LogP contribution in [-0.4, -0.2) is 42.6 Å². The van der Waals surface area contributed by atoms with Gasteiger partial charge >= 0.3 is 0 Å². The summed E-state index contributed by atoms with van der Waals surface area (Å²) in [6.07, 6.45) is 1.17. The lowest BCUT2D eigenvalue weighted by Gasteiger charge is -2.25. The van der Waals surface area contributed by atoms with Gasteiger partial charge in [0.05, 0.1) is 0 Å². The van der Waals surface area contributed by atoms with E-state index in [0.717, 1.165) is 49.8 Å². The number of anilines is 1. The number of nitrogens with two attached hydrogens (primary N) is 1. The van der Waals surface area contributed by atoms with E-state index in [9.17, 15) is 0 Å². The lowest BCUT2D eigenvalue weighted by atomic mass is 10.2. The number of aromatic nitrogens is 1. The van der Waals surface area contributed by atoms with Gasteiger partial charge in [0.25, 0.3) is 0 Å². The molecule has 0 atom stereocenters. The van der Waals surface area contributed by atoms with E-state index in [2.05, 4.69) is 47.7 Å². The predicted octanol–water partition coefficient (Wildman–Crippen LogP) is 2.41. The minimum Gasteiger partial charge on any atom is -0.357 e. The summed E-state index contributed by atoms with van der Waals surface area (Å²) in [4.78, 5) is 9.45. The second-order valence-electron chi connectivity index (χ2n) is 5.14. The standard InChI is InChI=1S/C16H30N4/c1-5-19(6-2)9-8-10-20(7-3)16-12-15(13-17)11-14(4)18-16/h11-12H,5-10,13,17H2,1-4H3. The first-order valence-corrected chi connectivity index (χ1v) is 7.79. The van der Waals surface area contributed by atoms with Crippen LogP contribution in [0.2, 0.25) is 0 Å². The molecule has 1 rings (SSSR count). The normalized spacial score (nSPS) is 11.1. The Hall–Kier alpha value is -1.13. The lowest BCUT2D eigenvalue weighted by Crippen LogP contribution is -2.30. The molecule has 20 heavy (non-hydrogen) atoms. The molecule has 114 valence electrons. The molecule has 0 aromatic carbocycles. The Morgan fingerprint density at radius 2 is 1.75 bits per heavy atom. The van der Waals surface area contributed by atoms with E-state index in [1.54, 1.807) is 0 Å². The van der Waals surface area contributed by atoms with Crippen molar-refractivity contribution in [3.05, 3.63) is 23.4 Å². The summed E-state index contributed by atoms with van der Waals surface area (Å²) < 4.78 is 0. The van der Waals surface area contributed by atoms with E-state index in [0.29, 0.717) is 6.54 Å². The Balaban J connectivity index is 2.64. The second-order valence-corrected chi connectivity index (χ2v) is 5.14. The Labute approximate surface area is 124 Å². The first-order chi connectivity index (χ1) is 9.64. The molecule has 0 unspecified atom stereocenters. The maximum atomic E-state index is 5.75. The van der Waals surface area contributed by atoms with Crippen molar-refractivity contribution in [3.8, 4) is 0 Å². The fraction of sp³-hybridized carbons (Fsp3) is 0.688. The molecular weight excluding hydrogens is 248 g/mol. The zero-order chi connectivity index (χ0) is 15.0. The molecule has 0 spiro atoms. The number of aryl methyl sites for hydroxylation is 1. The first kappa shape index (κ1) is 16.9. The summed E-state index contributed by atoms with van der Waals surface area (Å²) in [5, 5.41) is 0.